The summed E-state index contributed by atoms with van der Waals surface area (Å²) in [5, 5.41) is 12.7. The standard InChI is InChI=1S/C25H26ClF3N4O3/c1-4-5-11-36-17-8-6-7-16(13-17)20-31-21(33-23(35)32-20)18-12-15(9-10-19(18)26)14-30-22(34)24(2,3)25(27,28)29/h6-10,12-13H,4-5,11,14H2,1-3H3,(H,30,34)(H,31,32,33,35). The van der Waals surface area contributed by atoms with E-state index in [1.165, 1.54) is 12.1 Å². The van der Waals surface area contributed by atoms with E-state index in [0.717, 1.165) is 26.7 Å². The van der Waals surface area contributed by atoms with E-state index in [1.54, 1.807) is 30.3 Å². The van der Waals surface area contributed by atoms with E-state index in [1.807, 2.05) is 0 Å². The number of hydrogen-bond donors (Lipinski definition) is 2. The van der Waals surface area contributed by atoms with Crippen LogP contribution < -0.4 is 10.1 Å². The molecule has 0 atom stereocenters. The molecule has 0 aliphatic rings. The number of alkyl halides is 3. The number of halogens is 4. The Balaban J connectivity index is 1.87. The Kier molecular flexibility index (Phi) is 8.39. The number of unbranched alkanes of at least 4 members (excludes halogenated alkanes) is 1. The van der Waals surface area contributed by atoms with Gasteiger partial charge in [-0.05, 0) is 50.1 Å². The Hall–Kier alpha value is -3.40. The molecule has 0 aliphatic carbocycles. The summed E-state index contributed by atoms with van der Waals surface area (Å²) < 4.78 is 45.1. The molecule has 11 heteroatoms. The summed E-state index contributed by atoms with van der Waals surface area (Å²) in [6.45, 7) is 4.08. The predicted octanol–water partition coefficient (Wildman–Crippen LogP) is 5.95. The number of carbonyl (C=O) groups is 1. The van der Waals surface area contributed by atoms with Gasteiger partial charge >= 0.3 is 12.2 Å². The van der Waals surface area contributed by atoms with Crippen LogP contribution in [0.1, 0.15) is 39.2 Å². The fourth-order valence-corrected chi connectivity index (χ4v) is 3.26. The Bertz CT molecular complexity index is 1240. The lowest BCUT2D eigenvalue weighted by Crippen LogP contribution is -2.46. The Labute approximate surface area is 211 Å². The van der Waals surface area contributed by atoms with Gasteiger partial charge in [0.1, 0.15) is 11.2 Å². The van der Waals surface area contributed by atoms with E-state index in [0.29, 0.717) is 29.0 Å². The van der Waals surface area contributed by atoms with E-state index >= 15 is 0 Å². The van der Waals surface area contributed by atoms with Crippen LogP contribution in [0.15, 0.2) is 42.5 Å². The molecule has 2 N–H and O–H groups in total. The first-order valence-electron chi connectivity index (χ1n) is 11.2. The van der Waals surface area contributed by atoms with Gasteiger partial charge in [-0.15, -0.1) is 0 Å². The number of amides is 1. The minimum absolute atomic E-state index is 0.0589. The van der Waals surface area contributed by atoms with Crippen molar-refractivity contribution in [1.29, 1.82) is 0 Å². The van der Waals surface area contributed by atoms with E-state index in [9.17, 15) is 23.1 Å². The van der Waals surface area contributed by atoms with Crippen LogP contribution in [-0.2, 0) is 11.3 Å². The zero-order chi connectivity index (χ0) is 26.5. The van der Waals surface area contributed by atoms with Gasteiger partial charge in [0.15, 0.2) is 11.6 Å². The molecule has 0 aliphatic heterocycles. The summed E-state index contributed by atoms with van der Waals surface area (Å²) >= 11 is 6.33. The second-order valence-corrected chi connectivity index (χ2v) is 9.04. The van der Waals surface area contributed by atoms with Gasteiger partial charge < -0.3 is 15.2 Å². The minimum atomic E-state index is -4.70. The molecule has 2 aromatic carbocycles. The molecule has 0 saturated carbocycles. The summed E-state index contributed by atoms with van der Waals surface area (Å²) in [7, 11) is 0. The second kappa shape index (κ2) is 11.1. The van der Waals surface area contributed by atoms with Crippen molar-refractivity contribution in [2.45, 2.75) is 46.3 Å². The zero-order valence-corrected chi connectivity index (χ0v) is 20.7. The molecule has 1 amide bonds. The number of aromatic nitrogens is 3. The Morgan fingerprint density at radius 1 is 1.08 bits per heavy atom. The van der Waals surface area contributed by atoms with Crippen LogP contribution in [-0.4, -0.2) is 38.7 Å². The lowest BCUT2D eigenvalue weighted by atomic mass is 9.91. The second-order valence-electron chi connectivity index (χ2n) is 8.63. The lowest BCUT2D eigenvalue weighted by Gasteiger charge is -2.26. The minimum Gasteiger partial charge on any atom is -0.494 e. The molecule has 1 heterocycles. The van der Waals surface area contributed by atoms with Crippen LogP contribution in [0.25, 0.3) is 22.8 Å². The average Bonchev–Trinajstić information content (AvgIpc) is 2.82. The van der Waals surface area contributed by atoms with E-state index < -0.39 is 23.5 Å². The van der Waals surface area contributed by atoms with Crippen molar-refractivity contribution < 1.29 is 27.8 Å². The molecule has 0 bridgehead atoms. The first-order valence-corrected chi connectivity index (χ1v) is 11.6. The third kappa shape index (κ3) is 6.42. The van der Waals surface area contributed by atoms with Crippen LogP contribution in [0.4, 0.5) is 13.2 Å². The van der Waals surface area contributed by atoms with Gasteiger partial charge in [0.05, 0.1) is 11.6 Å². The van der Waals surface area contributed by atoms with Crippen molar-refractivity contribution in [3.8, 4) is 34.5 Å². The number of carbonyl (C=O) groups excluding carboxylic acids is 1. The molecule has 0 saturated heterocycles. The number of nitrogens with one attached hydrogen (secondary N) is 1. The topological polar surface area (TPSA) is 97.2 Å². The third-order valence-electron chi connectivity index (χ3n) is 5.48. The SMILES string of the molecule is CCCCOc1cccc(-c2nc(O)nc(-c3cc(CNC(=O)C(C)(C)C(F)(F)F)ccc3Cl)n2)c1. The molecule has 0 unspecified atom stereocenters. The predicted molar refractivity (Wildman–Crippen MR) is 129 cm³/mol. The van der Waals surface area contributed by atoms with Crippen molar-refractivity contribution in [1.82, 2.24) is 20.3 Å². The molecule has 7 nitrogen and oxygen atoms in total. The largest absolute Gasteiger partial charge is 0.494 e. The maximum absolute atomic E-state index is 13.1. The van der Waals surface area contributed by atoms with Crippen LogP contribution in [0.3, 0.4) is 0 Å². The van der Waals surface area contributed by atoms with Gasteiger partial charge in [-0.3, -0.25) is 4.79 Å². The van der Waals surface area contributed by atoms with Crippen LogP contribution >= 0.6 is 11.6 Å². The van der Waals surface area contributed by atoms with Gasteiger partial charge in [0.2, 0.25) is 5.91 Å². The summed E-state index contributed by atoms with van der Waals surface area (Å²) in [6, 6.07) is 11.1. The van der Waals surface area contributed by atoms with Crippen molar-refractivity contribution in [3.63, 3.8) is 0 Å². The third-order valence-corrected chi connectivity index (χ3v) is 5.81. The van der Waals surface area contributed by atoms with E-state index in [2.05, 4.69) is 27.2 Å². The number of nitrogens with zero attached hydrogens (tertiary/aromatic N) is 3. The van der Waals surface area contributed by atoms with Crippen LogP contribution in [0.2, 0.25) is 5.02 Å². The highest BCUT2D eigenvalue weighted by Gasteiger charge is 2.52. The fraction of sp³-hybridized carbons (Fsp3) is 0.360. The smallest absolute Gasteiger partial charge is 0.402 e. The first kappa shape index (κ1) is 27.2. The van der Waals surface area contributed by atoms with E-state index in [-0.39, 0.29) is 23.2 Å². The number of ether oxygens (including phenoxy) is 1. The van der Waals surface area contributed by atoms with Gasteiger partial charge in [-0.1, -0.05) is 43.1 Å². The van der Waals surface area contributed by atoms with Crippen LogP contribution in [0.5, 0.6) is 11.8 Å². The highest BCUT2D eigenvalue weighted by atomic mass is 35.5. The van der Waals surface area contributed by atoms with Crippen LogP contribution in [0, 0.1) is 5.41 Å². The molecule has 3 rings (SSSR count). The normalized spacial score (nSPS) is 11.9. The van der Waals surface area contributed by atoms with Crippen molar-refractivity contribution >= 4 is 17.5 Å². The maximum atomic E-state index is 13.1. The Morgan fingerprint density at radius 3 is 2.50 bits per heavy atom. The van der Waals surface area contributed by atoms with Gasteiger partial charge in [0, 0.05) is 17.7 Å². The lowest BCUT2D eigenvalue weighted by molar-refractivity contribution is -0.211. The van der Waals surface area contributed by atoms with Crippen molar-refractivity contribution in [2.75, 3.05) is 6.61 Å². The summed E-state index contributed by atoms with van der Waals surface area (Å²) in [4.78, 5) is 24.5. The molecule has 3 aromatic rings. The fourth-order valence-electron chi connectivity index (χ4n) is 3.06. The van der Waals surface area contributed by atoms with Crippen molar-refractivity contribution in [2.24, 2.45) is 5.41 Å². The highest BCUT2D eigenvalue weighted by molar-refractivity contribution is 6.33. The molecular formula is C25H26ClF3N4O3. The Morgan fingerprint density at radius 2 is 1.81 bits per heavy atom. The summed E-state index contributed by atoms with van der Waals surface area (Å²) in [6.07, 6.45) is -2.79. The number of rotatable bonds is 9. The molecular weight excluding hydrogens is 497 g/mol. The molecule has 192 valence electrons. The molecule has 0 radical (unpaired) electrons. The monoisotopic (exact) mass is 522 g/mol. The number of hydrogen-bond acceptors (Lipinski definition) is 6. The molecule has 36 heavy (non-hydrogen) atoms. The molecule has 0 fully saturated rings. The number of benzene rings is 2. The van der Waals surface area contributed by atoms with Crippen molar-refractivity contribution in [3.05, 3.63) is 53.1 Å². The average molecular weight is 523 g/mol. The van der Waals surface area contributed by atoms with Gasteiger partial charge in [0.25, 0.3) is 0 Å². The first-order chi connectivity index (χ1) is 16.9. The van der Waals surface area contributed by atoms with E-state index in [4.69, 9.17) is 16.3 Å². The van der Waals surface area contributed by atoms with Gasteiger partial charge in [-0.25, -0.2) is 4.98 Å². The zero-order valence-electron chi connectivity index (χ0n) is 20.0. The molecule has 1 aromatic heterocycles. The summed E-state index contributed by atoms with van der Waals surface area (Å²) in [5.41, 5.74) is -1.19. The maximum Gasteiger partial charge on any atom is 0.402 e. The number of aromatic hydroxyl groups is 1. The summed E-state index contributed by atoms with van der Waals surface area (Å²) in [5.74, 6) is -0.295. The highest BCUT2D eigenvalue weighted by Crippen LogP contribution is 2.37. The van der Waals surface area contributed by atoms with Gasteiger partial charge in [-0.2, -0.15) is 23.1 Å². The molecule has 0 spiro atoms. The quantitative estimate of drug-likeness (QED) is 0.337.